The molecule has 1 heterocycles. The van der Waals surface area contributed by atoms with Crippen molar-refractivity contribution in [2.75, 3.05) is 20.1 Å². The maximum absolute atomic E-state index is 4.33. The number of guanidine groups is 1. The average Bonchev–Trinajstić information content (AvgIpc) is 2.87. The molecule has 2 rings (SSSR count). The number of hydrogen-bond donors (Lipinski definition) is 2. The summed E-state index contributed by atoms with van der Waals surface area (Å²) in [5, 5.41) is 6.96. The van der Waals surface area contributed by atoms with E-state index < -0.39 is 0 Å². The van der Waals surface area contributed by atoms with E-state index in [0.29, 0.717) is 12.1 Å². The monoisotopic (exact) mass is 302 g/mol. The fourth-order valence-electron chi connectivity index (χ4n) is 3.01. The van der Waals surface area contributed by atoms with Gasteiger partial charge in [-0.2, -0.15) is 0 Å². The zero-order chi connectivity index (χ0) is 15.8. The first-order chi connectivity index (χ1) is 10.7. The van der Waals surface area contributed by atoms with Gasteiger partial charge in [0.15, 0.2) is 5.96 Å². The van der Waals surface area contributed by atoms with E-state index in [9.17, 15) is 0 Å². The molecular formula is C18H30N4. The van der Waals surface area contributed by atoms with Gasteiger partial charge in [-0.15, -0.1) is 0 Å². The zero-order valence-electron chi connectivity index (χ0n) is 14.2. The molecule has 0 spiro atoms. The molecule has 2 atom stereocenters. The number of rotatable bonds is 6. The fourth-order valence-corrected chi connectivity index (χ4v) is 3.01. The van der Waals surface area contributed by atoms with Gasteiger partial charge in [-0.25, -0.2) is 0 Å². The Morgan fingerprint density at radius 1 is 1.32 bits per heavy atom. The second-order valence-electron chi connectivity index (χ2n) is 6.19. The largest absolute Gasteiger partial charge is 0.356 e. The van der Waals surface area contributed by atoms with E-state index in [0.717, 1.165) is 25.6 Å². The first-order valence-electron chi connectivity index (χ1n) is 8.48. The van der Waals surface area contributed by atoms with Crippen molar-refractivity contribution in [1.29, 1.82) is 0 Å². The lowest BCUT2D eigenvalue weighted by molar-refractivity contribution is 0.258. The Balaban J connectivity index is 1.82. The maximum atomic E-state index is 4.33. The van der Waals surface area contributed by atoms with Gasteiger partial charge in [0.2, 0.25) is 0 Å². The molecule has 0 aromatic heterocycles. The van der Waals surface area contributed by atoms with Gasteiger partial charge < -0.3 is 10.6 Å². The molecule has 4 nitrogen and oxygen atoms in total. The highest BCUT2D eigenvalue weighted by Gasteiger charge is 2.29. The van der Waals surface area contributed by atoms with Crippen LogP contribution in [0.1, 0.15) is 38.7 Å². The van der Waals surface area contributed by atoms with Crippen LogP contribution in [0.25, 0.3) is 0 Å². The van der Waals surface area contributed by atoms with Crippen LogP contribution < -0.4 is 10.6 Å². The summed E-state index contributed by atoms with van der Waals surface area (Å²) in [4.78, 5) is 6.88. The van der Waals surface area contributed by atoms with E-state index in [4.69, 9.17) is 0 Å². The molecule has 1 fully saturated rings. The van der Waals surface area contributed by atoms with Crippen LogP contribution in [-0.4, -0.2) is 43.1 Å². The molecule has 0 bridgehead atoms. The number of nitrogens with zero attached hydrogens (tertiary/aromatic N) is 2. The van der Waals surface area contributed by atoms with Crippen molar-refractivity contribution in [1.82, 2.24) is 15.5 Å². The van der Waals surface area contributed by atoms with E-state index in [1.165, 1.54) is 24.8 Å². The Morgan fingerprint density at radius 2 is 2.09 bits per heavy atom. The number of aliphatic imine (C=N–C) groups is 1. The minimum absolute atomic E-state index is 0.478. The molecule has 22 heavy (non-hydrogen) atoms. The third kappa shape index (κ3) is 5.02. The van der Waals surface area contributed by atoms with Crippen LogP contribution in [0.15, 0.2) is 35.3 Å². The van der Waals surface area contributed by atoms with Crippen LogP contribution in [-0.2, 0) is 6.54 Å². The molecule has 1 aromatic rings. The summed E-state index contributed by atoms with van der Waals surface area (Å²) in [5.74, 6) is 0.937. The Kier molecular flexibility index (Phi) is 6.72. The summed E-state index contributed by atoms with van der Waals surface area (Å²) in [5.41, 5.74) is 1.39. The van der Waals surface area contributed by atoms with E-state index in [1.807, 2.05) is 7.05 Å². The van der Waals surface area contributed by atoms with Crippen molar-refractivity contribution in [3.63, 3.8) is 0 Å². The molecule has 1 aliphatic rings. The Hall–Kier alpha value is -1.55. The molecule has 2 N–H and O–H groups in total. The summed E-state index contributed by atoms with van der Waals surface area (Å²) in [6.07, 6.45) is 3.55. The first kappa shape index (κ1) is 16.8. The Labute approximate surface area is 135 Å². The molecule has 0 radical (unpaired) electrons. The number of likely N-dealkylation sites (tertiary alicyclic amines) is 1. The quantitative estimate of drug-likeness (QED) is 0.482. The standard InChI is InChI=1S/C18H30N4/c1-4-5-11-20-18(19-3)21-17-12-15(2)22(14-17)13-16-9-7-6-8-10-16/h6-10,15,17H,4-5,11-14H2,1-3H3,(H2,19,20,21). The zero-order valence-corrected chi connectivity index (χ0v) is 14.2. The van der Waals surface area contributed by atoms with E-state index in [1.54, 1.807) is 0 Å². The van der Waals surface area contributed by atoms with Crippen LogP contribution in [0, 0.1) is 0 Å². The minimum Gasteiger partial charge on any atom is -0.356 e. The molecule has 1 saturated heterocycles. The van der Waals surface area contributed by atoms with Crippen molar-refractivity contribution >= 4 is 5.96 Å². The number of hydrogen-bond acceptors (Lipinski definition) is 2. The topological polar surface area (TPSA) is 39.7 Å². The first-order valence-corrected chi connectivity index (χ1v) is 8.48. The normalized spacial score (nSPS) is 22.8. The summed E-state index contributed by atoms with van der Waals surface area (Å²) in [6, 6.07) is 11.8. The van der Waals surface area contributed by atoms with Gasteiger partial charge in [0.05, 0.1) is 0 Å². The smallest absolute Gasteiger partial charge is 0.191 e. The van der Waals surface area contributed by atoms with Crippen LogP contribution in [0.5, 0.6) is 0 Å². The van der Waals surface area contributed by atoms with Gasteiger partial charge in [0.25, 0.3) is 0 Å². The summed E-state index contributed by atoms with van der Waals surface area (Å²) in [7, 11) is 1.85. The summed E-state index contributed by atoms with van der Waals surface area (Å²) < 4.78 is 0. The average molecular weight is 302 g/mol. The number of unbranched alkanes of at least 4 members (excludes halogenated alkanes) is 1. The van der Waals surface area contributed by atoms with Crippen LogP contribution >= 0.6 is 0 Å². The molecule has 0 amide bonds. The highest BCUT2D eigenvalue weighted by molar-refractivity contribution is 5.80. The second-order valence-corrected chi connectivity index (χ2v) is 6.19. The van der Waals surface area contributed by atoms with Crippen molar-refractivity contribution in [2.24, 2.45) is 4.99 Å². The second kappa shape index (κ2) is 8.79. The predicted molar refractivity (Wildman–Crippen MR) is 94.1 cm³/mol. The van der Waals surface area contributed by atoms with Crippen molar-refractivity contribution < 1.29 is 0 Å². The Morgan fingerprint density at radius 3 is 2.77 bits per heavy atom. The minimum atomic E-state index is 0.478. The van der Waals surface area contributed by atoms with Crippen molar-refractivity contribution in [3.05, 3.63) is 35.9 Å². The predicted octanol–water partition coefficient (Wildman–Crippen LogP) is 2.61. The molecular weight excluding hydrogens is 272 g/mol. The molecule has 0 saturated carbocycles. The van der Waals surface area contributed by atoms with Crippen LogP contribution in [0.2, 0.25) is 0 Å². The van der Waals surface area contributed by atoms with Gasteiger partial charge in [-0.05, 0) is 25.3 Å². The highest BCUT2D eigenvalue weighted by Crippen LogP contribution is 2.20. The van der Waals surface area contributed by atoms with Crippen molar-refractivity contribution in [2.45, 2.75) is 51.7 Å². The molecule has 1 aliphatic heterocycles. The molecule has 2 unspecified atom stereocenters. The Bertz CT molecular complexity index is 457. The molecule has 1 aromatic carbocycles. The van der Waals surface area contributed by atoms with E-state index in [-0.39, 0.29) is 0 Å². The van der Waals surface area contributed by atoms with Crippen LogP contribution in [0.4, 0.5) is 0 Å². The lowest BCUT2D eigenvalue weighted by Crippen LogP contribution is -2.44. The summed E-state index contributed by atoms with van der Waals surface area (Å²) in [6.45, 7) is 7.62. The highest BCUT2D eigenvalue weighted by atomic mass is 15.3. The molecule has 122 valence electrons. The lowest BCUT2D eigenvalue weighted by atomic mass is 10.2. The van der Waals surface area contributed by atoms with E-state index in [2.05, 4.69) is 64.7 Å². The summed E-state index contributed by atoms with van der Waals surface area (Å²) >= 11 is 0. The lowest BCUT2D eigenvalue weighted by Gasteiger charge is -2.21. The number of nitrogens with one attached hydrogen (secondary N) is 2. The fraction of sp³-hybridized carbons (Fsp3) is 0.611. The number of benzene rings is 1. The van der Waals surface area contributed by atoms with Crippen molar-refractivity contribution in [3.8, 4) is 0 Å². The maximum Gasteiger partial charge on any atom is 0.191 e. The van der Waals surface area contributed by atoms with Gasteiger partial charge in [0, 0.05) is 38.8 Å². The van der Waals surface area contributed by atoms with E-state index >= 15 is 0 Å². The SMILES string of the molecule is CCCCNC(=NC)NC1CC(C)N(Cc2ccccc2)C1. The van der Waals surface area contributed by atoms with Gasteiger partial charge in [-0.3, -0.25) is 9.89 Å². The van der Waals surface area contributed by atoms with Gasteiger partial charge >= 0.3 is 0 Å². The van der Waals surface area contributed by atoms with Gasteiger partial charge in [0.1, 0.15) is 0 Å². The van der Waals surface area contributed by atoms with Crippen LogP contribution in [0.3, 0.4) is 0 Å². The third-order valence-corrected chi connectivity index (χ3v) is 4.32. The third-order valence-electron chi connectivity index (χ3n) is 4.32. The molecule has 0 aliphatic carbocycles. The van der Waals surface area contributed by atoms with Gasteiger partial charge in [-0.1, -0.05) is 43.7 Å². The molecule has 4 heteroatoms.